The fourth-order valence-electron chi connectivity index (χ4n) is 0.539. The lowest BCUT2D eigenvalue weighted by Gasteiger charge is -1.94. The predicted octanol–water partition coefficient (Wildman–Crippen LogP) is 0.452. The van der Waals surface area contributed by atoms with Crippen molar-refractivity contribution in [2.75, 3.05) is 7.11 Å². The molecule has 0 atom stereocenters. The molecule has 11 heavy (non-hydrogen) atoms. The van der Waals surface area contributed by atoms with Crippen LogP contribution in [0, 0.1) is 0 Å². The van der Waals surface area contributed by atoms with Gasteiger partial charge in [0.05, 0.1) is 7.11 Å². The highest BCUT2D eigenvalue weighted by atomic mass is 16.5. The van der Waals surface area contributed by atoms with Gasteiger partial charge in [-0.25, -0.2) is 9.78 Å². The smallest absolute Gasteiger partial charge is 0.318 e. The molecule has 0 aliphatic heterocycles. The van der Waals surface area contributed by atoms with Crippen LogP contribution in [-0.4, -0.2) is 23.2 Å². The largest absolute Gasteiger partial charge is 0.467 e. The summed E-state index contributed by atoms with van der Waals surface area (Å²) >= 11 is 0. The van der Waals surface area contributed by atoms with Crippen LogP contribution in [0.25, 0.3) is 0 Å². The minimum Gasteiger partial charge on any atom is -0.467 e. The van der Waals surface area contributed by atoms with E-state index in [0.29, 0.717) is 0 Å². The average Bonchev–Trinajstić information content (AvgIpc) is 2.06. The highest BCUT2D eigenvalue weighted by Crippen LogP contribution is 2.08. The third kappa shape index (κ3) is 1.84. The normalized spacial score (nSPS) is 8.45. The molecule has 0 unspecified atom stereocenters. The topological polar surface area (TPSA) is 64.4 Å². The van der Waals surface area contributed by atoms with Crippen molar-refractivity contribution in [2.24, 2.45) is 4.99 Å². The van der Waals surface area contributed by atoms with Crippen LogP contribution in [0.2, 0.25) is 0 Å². The molecule has 0 radical (unpaired) electrons. The summed E-state index contributed by atoms with van der Waals surface area (Å²) in [5.74, 6) is 0.242. The van der Waals surface area contributed by atoms with Crippen LogP contribution >= 0.6 is 0 Å². The summed E-state index contributed by atoms with van der Waals surface area (Å²) in [5.41, 5.74) is 0. The molecule has 0 aliphatic carbocycles. The lowest BCUT2D eigenvalue weighted by Crippen LogP contribution is -1.89. The van der Waals surface area contributed by atoms with Crippen molar-refractivity contribution < 1.29 is 9.53 Å². The van der Waals surface area contributed by atoms with E-state index < -0.39 is 0 Å². The van der Waals surface area contributed by atoms with E-state index in [9.17, 15) is 4.79 Å². The van der Waals surface area contributed by atoms with E-state index in [1.54, 1.807) is 0 Å². The van der Waals surface area contributed by atoms with Crippen LogP contribution < -0.4 is 4.74 Å². The highest BCUT2D eigenvalue weighted by molar-refractivity contribution is 5.43. The van der Waals surface area contributed by atoms with Gasteiger partial charge in [-0.1, -0.05) is 0 Å². The van der Waals surface area contributed by atoms with Gasteiger partial charge in [-0.05, 0) is 0 Å². The molecule has 1 aromatic rings. The number of ether oxygens (including phenoxy) is 1. The Hall–Kier alpha value is -1.74. The number of aromatic nitrogens is 2. The van der Waals surface area contributed by atoms with Crippen LogP contribution in [0.5, 0.6) is 6.01 Å². The van der Waals surface area contributed by atoms with E-state index in [4.69, 9.17) is 0 Å². The standard InChI is InChI=1S/C6H5N3O2/c1-11-6-7-3-2-5(9-6)8-4-10/h2-3H,1H3. The number of nitrogens with zero attached hydrogens (tertiary/aromatic N) is 3. The summed E-state index contributed by atoms with van der Waals surface area (Å²) < 4.78 is 4.69. The third-order valence-electron chi connectivity index (χ3n) is 0.962. The van der Waals surface area contributed by atoms with Crippen LogP contribution in [0.3, 0.4) is 0 Å². The molecule has 0 saturated carbocycles. The second kappa shape index (κ2) is 3.43. The van der Waals surface area contributed by atoms with Gasteiger partial charge < -0.3 is 4.74 Å². The van der Waals surface area contributed by atoms with Crippen molar-refractivity contribution in [1.82, 2.24) is 9.97 Å². The van der Waals surface area contributed by atoms with E-state index in [0.717, 1.165) is 0 Å². The summed E-state index contributed by atoms with van der Waals surface area (Å²) in [6.07, 6.45) is 2.81. The Balaban J connectivity index is 3.00. The molecule has 0 aromatic carbocycles. The van der Waals surface area contributed by atoms with Gasteiger partial charge in [-0.15, -0.1) is 4.99 Å². The second-order valence-corrected chi connectivity index (χ2v) is 1.60. The van der Waals surface area contributed by atoms with Gasteiger partial charge in [0, 0.05) is 12.3 Å². The van der Waals surface area contributed by atoms with Crippen molar-refractivity contribution in [3.8, 4) is 6.01 Å². The van der Waals surface area contributed by atoms with E-state index in [1.165, 1.54) is 25.5 Å². The Morgan fingerprint density at radius 2 is 2.55 bits per heavy atom. The summed E-state index contributed by atoms with van der Waals surface area (Å²) in [5, 5.41) is 0. The van der Waals surface area contributed by atoms with Crippen molar-refractivity contribution in [3.63, 3.8) is 0 Å². The molecule has 5 nitrogen and oxygen atoms in total. The predicted molar refractivity (Wildman–Crippen MR) is 36.4 cm³/mol. The number of hydrogen-bond acceptors (Lipinski definition) is 5. The monoisotopic (exact) mass is 151 g/mol. The Morgan fingerprint density at radius 1 is 1.73 bits per heavy atom. The molecule has 0 aliphatic rings. The van der Waals surface area contributed by atoms with Crippen LogP contribution in [0.15, 0.2) is 17.3 Å². The molecule has 0 bridgehead atoms. The van der Waals surface area contributed by atoms with Crippen LogP contribution in [-0.2, 0) is 4.79 Å². The zero-order valence-corrected chi connectivity index (χ0v) is 5.81. The summed E-state index contributed by atoms with van der Waals surface area (Å²) in [4.78, 5) is 20.5. The van der Waals surface area contributed by atoms with Crippen LogP contribution in [0.4, 0.5) is 5.82 Å². The van der Waals surface area contributed by atoms with E-state index in [-0.39, 0.29) is 11.8 Å². The first-order valence-electron chi connectivity index (χ1n) is 2.81. The average molecular weight is 151 g/mol. The number of isocyanates is 1. The fourth-order valence-corrected chi connectivity index (χ4v) is 0.539. The quantitative estimate of drug-likeness (QED) is 0.454. The molecule has 1 rings (SSSR count). The number of aliphatic imine (C=N–C) groups is 1. The van der Waals surface area contributed by atoms with Crippen molar-refractivity contribution >= 4 is 11.9 Å². The number of hydrogen-bond donors (Lipinski definition) is 0. The summed E-state index contributed by atoms with van der Waals surface area (Å²) in [7, 11) is 1.43. The SMILES string of the molecule is COc1nccc(N=C=O)n1. The molecule has 1 heterocycles. The summed E-state index contributed by atoms with van der Waals surface area (Å²) in [6, 6.07) is 1.66. The molecular formula is C6H5N3O2. The first-order valence-corrected chi connectivity index (χ1v) is 2.81. The van der Waals surface area contributed by atoms with Crippen molar-refractivity contribution in [3.05, 3.63) is 12.3 Å². The van der Waals surface area contributed by atoms with Crippen molar-refractivity contribution in [1.29, 1.82) is 0 Å². The first kappa shape index (κ1) is 7.37. The first-order chi connectivity index (χ1) is 5.36. The van der Waals surface area contributed by atoms with Gasteiger partial charge >= 0.3 is 6.01 Å². The minimum absolute atomic E-state index is 0.182. The minimum atomic E-state index is 0.182. The van der Waals surface area contributed by atoms with E-state index in [2.05, 4.69) is 19.7 Å². The summed E-state index contributed by atoms with van der Waals surface area (Å²) in [6.45, 7) is 0. The molecule has 0 spiro atoms. The van der Waals surface area contributed by atoms with E-state index in [1.807, 2.05) is 0 Å². The zero-order chi connectivity index (χ0) is 8.10. The number of methoxy groups -OCH3 is 1. The third-order valence-corrected chi connectivity index (χ3v) is 0.962. The van der Waals surface area contributed by atoms with Gasteiger partial charge in [0.15, 0.2) is 5.82 Å². The molecule has 0 fully saturated rings. The van der Waals surface area contributed by atoms with Gasteiger partial charge in [-0.2, -0.15) is 4.98 Å². The molecule has 0 N–H and O–H groups in total. The van der Waals surface area contributed by atoms with Gasteiger partial charge in [0.1, 0.15) is 0 Å². The molecule has 56 valence electrons. The maximum atomic E-state index is 9.78. The van der Waals surface area contributed by atoms with E-state index >= 15 is 0 Å². The van der Waals surface area contributed by atoms with Gasteiger partial charge in [-0.3, -0.25) is 0 Å². The number of rotatable bonds is 2. The maximum absolute atomic E-state index is 9.78. The van der Waals surface area contributed by atoms with Crippen LogP contribution in [0.1, 0.15) is 0 Å². The zero-order valence-electron chi connectivity index (χ0n) is 5.81. The fraction of sp³-hybridized carbons (Fsp3) is 0.167. The maximum Gasteiger partial charge on any atom is 0.318 e. The molecule has 0 amide bonds. The van der Waals surface area contributed by atoms with Gasteiger partial charge in [0.2, 0.25) is 6.08 Å². The lowest BCUT2D eigenvalue weighted by molar-refractivity contribution is 0.380. The van der Waals surface area contributed by atoms with Gasteiger partial charge in [0.25, 0.3) is 0 Å². The highest BCUT2D eigenvalue weighted by Gasteiger charge is 1.94. The second-order valence-electron chi connectivity index (χ2n) is 1.60. The molecule has 1 aromatic heterocycles. The Bertz CT molecular complexity index is 294. The molecule has 0 saturated heterocycles. The Morgan fingerprint density at radius 3 is 3.18 bits per heavy atom. The number of carbonyl (C=O) groups excluding carboxylic acids is 1. The van der Waals surface area contributed by atoms with Crippen molar-refractivity contribution in [2.45, 2.75) is 0 Å². The molecule has 5 heteroatoms. The Kier molecular flexibility index (Phi) is 2.30. The lowest BCUT2D eigenvalue weighted by atomic mass is 10.6. The Labute approximate surface area is 62.8 Å². The molecular weight excluding hydrogens is 146 g/mol.